The third-order valence-electron chi connectivity index (χ3n) is 3.69. The van der Waals surface area contributed by atoms with Crippen molar-refractivity contribution in [3.63, 3.8) is 0 Å². The van der Waals surface area contributed by atoms with Gasteiger partial charge in [-0.05, 0) is 13.8 Å². The number of fused-ring (bicyclic) bond motifs is 1. The van der Waals surface area contributed by atoms with Gasteiger partial charge >= 0.3 is 11.9 Å². The summed E-state index contributed by atoms with van der Waals surface area (Å²) in [6, 6.07) is 1.92. The number of carbonyl (C=O) groups excluding carboxylic acids is 2. The maximum Gasteiger partial charge on any atom is 0.359 e. The van der Waals surface area contributed by atoms with Gasteiger partial charge in [-0.25, -0.2) is 14.1 Å². The molecule has 2 aromatic heterocycles. The molecule has 10 nitrogen and oxygen atoms in total. The Morgan fingerprint density at radius 3 is 2.39 bits per heavy atom. The minimum absolute atomic E-state index is 0.0306. The van der Waals surface area contributed by atoms with E-state index in [1.807, 2.05) is 26.8 Å². The maximum absolute atomic E-state index is 12.3. The Labute approximate surface area is 162 Å². The van der Waals surface area contributed by atoms with Crippen LogP contribution in [0.5, 0.6) is 5.88 Å². The van der Waals surface area contributed by atoms with Crippen LogP contribution in [0, 0.1) is 11.3 Å². The fraction of sp³-hybridized carbons (Fsp3) is 0.500. The van der Waals surface area contributed by atoms with Crippen LogP contribution in [0.25, 0.3) is 5.65 Å². The van der Waals surface area contributed by atoms with Crippen LogP contribution in [0.4, 0.5) is 5.69 Å². The lowest BCUT2D eigenvalue weighted by Gasteiger charge is -2.20. The lowest BCUT2D eigenvalue weighted by atomic mass is 9.92. The topological polar surface area (TPSA) is 142 Å². The molecule has 2 heterocycles. The average Bonchev–Trinajstić information content (AvgIpc) is 2.89. The smallest absolute Gasteiger partial charge is 0.359 e. The van der Waals surface area contributed by atoms with Crippen LogP contribution in [0.1, 0.15) is 56.4 Å². The summed E-state index contributed by atoms with van der Waals surface area (Å²) in [5, 5.41) is 13.9. The molecule has 0 aliphatic carbocycles. The molecule has 0 amide bonds. The second-order valence-corrected chi connectivity index (χ2v) is 6.81. The van der Waals surface area contributed by atoms with E-state index in [0.717, 1.165) is 0 Å². The minimum atomic E-state index is -0.717. The van der Waals surface area contributed by atoms with Crippen molar-refractivity contribution < 1.29 is 23.8 Å². The first kappa shape index (κ1) is 21.0. The molecule has 150 valence electrons. The number of nitrogens with two attached hydrogens (primary N) is 1. The Balaban J connectivity index is 2.69. The van der Waals surface area contributed by atoms with E-state index in [2.05, 4.69) is 10.1 Å². The van der Waals surface area contributed by atoms with Crippen molar-refractivity contribution in [1.29, 1.82) is 5.26 Å². The van der Waals surface area contributed by atoms with Gasteiger partial charge in [0.25, 0.3) is 0 Å². The summed E-state index contributed by atoms with van der Waals surface area (Å²) in [7, 11) is 0. The highest BCUT2D eigenvalue weighted by Crippen LogP contribution is 2.32. The molecule has 0 bridgehead atoms. The van der Waals surface area contributed by atoms with E-state index in [9.17, 15) is 14.9 Å². The van der Waals surface area contributed by atoms with Crippen molar-refractivity contribution in [2.45, 2.75) is 40.0 Å². The van der Waals surface area contributed by atoms with Crippen molar-refractivity contribution in [1.82, 2.24) is 14.6 Å². The molecular weight excluding hydrogens is 366 g/mol. The minimum Gasteiger partial charge on any atom is -0.464 e. The monoisotopic (exact) mass is 389 g/mol. The molecule has 0 aliphatic rings. The average molecular weight is 389 g/mol. The predicted octanol–water partition coefficient (Wildman–Crippen LogP) is 1.60. The van der Waals surface area contributed by atoms with Crippen molar-refractivity contribution in [3.8, 4) is 11.9 Å². The zero-order valence-electron chi connectivity index (χ0n) is 16.5. The van der Waals surface area contributed by atoms with E-state index in [1.165, 1.54) is 4.52 Å². The molecule has 0 saturated carbocycles. The van der Waals surface area contributed by atoms with E-state index >= 15 is 0 Å². The van der Waals surface area contributed by atoms with Crippen LogP contribution in [0.3, 0.4) is 0 Å². The third-order valence-corrected chi connectivity index (χ3v) is 3.69. The van der Waals surface area contributed by atoms with Crippen LogP contribution in [0.2, 0.25) is 0 Å². The van der Waals surface area contributed by atoms with Gasteiger partial charge in [-0.3, -0.25) is 0 Å². The lowest BCUT2D eigenvalue weighted by Crippen LogP contribution is -2.23. The summed E-state index contributed by atoms with van der Waals surface area (Å²) in [4.78, 5) is 28.3. The van der Waals surface area contributed by atoms with Gasteiger partial charge in [-0.1, -0.05) is 20.8 Å². The molecule has 0 fully saturated rings. The van der Waals surface area contributed by atoms with Gasteiger partial charge in [0.15, 0.2) is 17.9 Å². The number of esters is 2. The summed E-state index contributed by atoms with van der Waals surface area (Å²) in [5.41, 5.74) is 5.65. The molecular formula is C18H23N5O5. The fourth-order valence-electron chi connectivity index (χ4n) is 2.46. The predicted molar refractivity (Wildman–Crippen MR) is 98.9 cm³/mol. The summed E-state index contributed by atoms with van der Waals surface area (Å²) in [6.07, 6.45) is 0. The van der Waals surface area contributed by atoms with Crippen LogP contribution in [-0.2, 0) is 19.7 Å². The first-order chi connectivity index (χ1) is 13.1. The highest BCUT2D eigenvalue weighted by Gasteiger charge is 2.30. The normalized spacial score (nSPS) is 11.1. The molecule has 0 unspecified atom stereocenters. The number of anilines is 1. The molecule has 0 aliphatic heterocycles. The van der Waals surface area contributed by atoms with Crippen molar-refractivity contribution in [2.24, 2.45) is 0 Å². The third kappa shape index (κ3) is 3.98. The van der Waals surface area contributed by atoms with Gasteiger partial charge in [0.1, 0.15) is 17.3 Å². The number of ether oxygens (including phenoxy) is 3. The Morgan fingerprint density at radius 1 is 1.21 bits per heavy atom. The second kappa shape index (κ2) is 8.12. The molecule has 2 aromatic rings. The number of nitriles is 1. The van der Waals surface area contributed by atoms with Crippen LogP contribution < -0.4 is 10.5 Å². The van der Waals surface area contributed by atoms with Gasteiger partial charge in [-0.15, -0.1) is 0 Å². The van der Waals surface area contributed by atoms with E-state index in [-0.39, 0.29) is 48.3 Å². The van der Waals surface area contributed by atoms with E-state index < -0.39 is 17.4 Å². The van der Waals surface area contributed by atoms with Crippen molar-refractivity contribution in [3.05, 3.63) is 17.0 Å². The number of nitrogens with zero attached hydrogens (tertiary/aromatic N) is 4. The summed E-state index contributed by atoms with van der Waals surface area (Å²) < 4.78 is 16.6. The van der Waals surface area contributed by atoms with E-state index in [4.69, 9.17) is 19.9 Å². The number of aromatic nitrogens is 3. The molecule has 2 N–H and O–H groups in total. The lowest BCUT2D eigenvalue weighted by molar-refractivity contribution is -0.145. The molecule has 10 heteroatoms. The summed E-state index contributed by atoms with van der Waals surface area (Å²) in [6.45, 7) is 8.91. The number of hydrogen-bond donors (Lipinski definition) is 1. The zero-order valence-corrected chi connectivity index (χ0v) is 16.5. The quantitative estimate of drug-likeness (QED) is 0.729. The molecule has 0 spiro atoms. The van der Waals surface area contributed by atoms with Crippen molar-refractivity contribution in [2.75, 3.05) is 25.6 Å². The highest BCUT2D eigenvalue weighted by atomic mass is 16.6. The molecule has 0 aromatic carbocycles. The molecule has 2 rings (SSSR count). The van der Waals surface area contributed by atoms with E-state index in [0.29, 0.717) is 5.69 Å². The second-order valence-electron chi connectivity index (χ2n) is 6.81. The highest BCUT2D eigenvalue weighted by molar-refractivity contribution is 5.98. The molecule has 0 atom stereocenters. The molecule has 0 radical (unpaired) electrons. The number of hydrogen-bond acceptors (Lipinski definition) is 9. The van der Waals surface area contributed by atoms with Gasteiger partial charge in [0, 0.05) is 5.41 Å². The SMILES string of the molecule is CCOC(=O)COc1nc2c(C#N)c(N)c(C(=O)OCC)n2nc1C(C)(C)C. The number of rotatable bonds is 6. The Hall–Kier alpha value is -3.35. The Morgan fingerprint density at radius 2 is 1.86 bits per heavy atom. The molecule has 0 saturated heterocycles. The van der Waals surface area contributed by atoms with Crippen LogP contribution in [0.15, 0.2) is 0 Å². The first-order valence-corrected chi connectivity index (χ1v) is 8.73. The zero-order chi connectivity index (χ0) is 21.1. The summed E-state index contributed by atoms with van der Waals surface area (Å²) in [5.74, 6) is -1.23. The Bertz CT molecular complexity index is 952. The largest absolute Gasteiger partial charge is 0.464 e. The first-order valence-electron chi connectivity index (χ1n) is 8.73. The van der Waals surface area contributed by atoms with Crippen LogP contribution in [-0.4, -0.2) is 46.4 Å². The summed E-state index contributed by atoms with van der Waals surface area (Å²) >= 11 is 0. The van der Waals surface area contributed by atoms with Crippen LogP contribution >= 0.6 is 0 Å². The van der Waals surface area contributed by atoms with E-state index in [1.54, 1.807) is 13.8 Å². The number of nitrogen functional groups attached to an aromatic ring is 1. The fourth-order valence-corrected chi connectivity index (χ4v) is 2.46. The van der Waals surface area contributed by atoms with Crippen molar-refractivity contribution >= 4 is 23.3 Å². The Kier molecular flexibility index (Phi) is 6.08. The molecule has 28 heavy (non-hydrogen) atoms. The standard InChI is InChI=1S/C18H23N5O5/c1-6-26-11(24)9-28-16-14(18(3,4)5)22-23-13(17(25)27-7-2)12(20)10(8-19)15(23)21-16/h6-7,9,20H2,1-5H3. The maximum atomic E-state index is 12.3. The van der Waals surface area contributed by atoms with Gasteiger partial charge in [-0.2, -0.15) is 15.3 Å². The number of carbonyl (C=O) groups is 2. The van der Waals surface area contributed by atoms with Gasteiger partial charge in [0.05, 0.1) is 18.9 Å². The van der Waals surface area contributed by atoms with Gasteiger partial charge < -0.3 is 19.9 Å². The van der Waals surface area contributed by atoms with Gasteiger partial charge in [0.2, 0.25) is 5.88 Å².